The third-order valence-corrected chi connectivity index (χ3v) is 6.00. The quantitative estimate of drug-likeness (QED) is 0.859. The largest absolute Gasteiger partial charge is 0.338 e. The first-order chi connectivity index (χ1) is 12.2. The van der Waals surface area contributed by atoms with Crippen LogP contribution in [0, 0.1) is 0 Å². The topological polar surface area (TPSA) is 41.4 Å². The second-order valence-corrected chi connectivity index (χ2v) is 7.41. The molecule has 0 bridgehead atoms. The Kier molecular flexibility index (Phi) is 4.50. The predicted molar refractivity (Wildman–Crippen MR) is 99.2 cm³/mol. The highest BCUT2D eigenvalue weighted by Gasteiger charge is 2.39. The number of nitrogens with zero attached hydrogens (tertiary/aromatic N) is 4. The zero-order valence-electron chi connectivity index (χ0n) is 15.3. The molecular weight excluding hydrogens is 312 g/mol. The highest BCUT2D eigenvalue weighted by molar-refractivity contribution is 5.76. The van der Waals surface area contributed by atoms with E-state index in [0.29, 0.717) is 24.4 Å². The summed E-state index contributed by atoms with van der Waals surface area (Å²) in [5.74, 6) is 1.44. The molecule has 1 aromatic carbocycles. The number of rotatable bonds is 4. The molecule has 0 N–H and O–H groups in total. The van der Waals surface area contributed by atoms with Gasteiger partial charge in [0.15, 0.2) is 0 Å². The van der Waals surface area contributed by atoms with Gasteiger partial charge in [0.2, 0.25) is 5.91 Å². The fourth-order valence-corrected chi connectivity index (χ4v) is 4.71. The number of imidazole rings is 1. The van der Waals surface area contributed by atoms with Gasteiger partial charge >= 0.3 is 0 Å². The van der Waals surface area contributed by atoms with Gasteiger partial charge in [0, 0.05) is 32.1 Å². The molecule has 1 aromatic heterocycles. The van der Waals surface area contributed by atoms with Gasteiger partial charge in [0.05, 0.1) is 17.6 Å². The minimum Gasteiger partial charge on any atom is -0.338 e. The lowest BCUT2D eigenvalue weighted by Gasteiger charge is -2.34. The van der Waals surface area contributed by atoms with E-state index in [2.05, 4.69) is 39.6 Å². The van der Waals surface area contributed by atoms with Crippen molar-refractivity contribution in [3.63, 3.8) is 0 Å². The van der Waals surface area contributed by atoms with Crippen LogP contribution in [-0.4, -0.2) is 50.4 Å². The molecule has 2 aliphatic rings. The molecule has 5 nitrogen and oxygen atoms in total. The smallest absolute Gasteiger partial charge is 0.222 e. The molecule has 25 heavy (non-hydrogen) atoms. The van der Waals surface area contributed by atoms with Crippen molar-refractivity contribution in [3.05, 3.63) is 30.1 Å². The van der Waals surface area contributed by atoms with Crippen molar-refractivity contribution in [1.82, 2.24) is 19.4 Å². The van der Waals surface area contributed by atoms with Crippen LogP contribution < -0.4 is 0 Å². The lowest BCUT2D eigenvalue weighted by Crippen LogP contribution is -2.48. The molecular formula is C20H28N4O. The van der Waals surface area contributed by atoms with E-state index in [1.807, 2.05) is 13.0 Å². The van der Waals surface area contributed by atoms with E-state index in [1.165, 1.54) is 18.4 Å². The molecule has 2 atom stereocenters. The first kappa shape index (κ1) is 16.6. The van der Waals surface area contributed by atoms with Crippen molar-refractivity contribution in [2.45, 2.75) is 57.7 Å². The number of aryl methyl sites for hydroxylation is 1. The number of likely N-dealkylation sites (tertiary alicyclic amines) is 2. The molecule has 0 unspecified atom stereocenters. The Balaban J connectivity index is 1.55. The van der Waals surface area contributed by atoms with Gasteiger partial charge in [-0.25, -0.2) is 4.98 Å². The van der Waals surface area contributed by atoms with Gasteiger partial charge in [-0.3, -0.25) is 9.69 Å². The molecule has 0 spiro atoms. The number of benzene rings is 1. The molecule has 2 saturated heterocycles. The Morgan fingerprint density at radius 3 is 2.72 bits per heavy atom. The van der Waals surface area contributed by atoms with Gasteiger partial charge in [-0.05, 0) is 44.4 Å². The summed E-state index contributed by atoms with van der Waals surface area (Å²) in [7, 11) is 2.11. The summed E-state index contributed by atoms with van der Waals surface area (Å²) in [5.41, 5.74) is 2.26. The van der Waals surface area contributed by atoms with Crippen LogP contribution in [0.5, 0.6) is 0 Å². The molecule has 0 aliphatic carbocycles. The minimum atomic E-state index is 0.317. The third-order valence-electron chi connectivity index (χ3n) is 6.00. The van der Waals surface area contributed by atoms with Gasteiger partial charge in [0.25, 0.3) is 0 Å². The van der Waals surface area contributed by atoms with Crippen molar-refractivity contribution in [3.8, 4) is 0 Å². The second kappa shape index (κ2) is 6.79. The highest BCUT2D eigenvalue weighted by Crippen LogP contribution is 2.31. The van der Waals surface area contributed by atoms with Crippen LogP contribution in [0.15, 0.2) is 24.3 Å². The summed E-state index contributed by atoms with van der Waals surface area (Å²) in [6.45, 7) is 4.90. The first-order valence-corrected chi connectivity index (χ1v) is 9.63. The predicted octanol–water partition coefficient (Wildman–Crippen LogP) is 2.94. The Bertz CT molecular complexity index is 768. The maximum atomic E-state index is 12.3. The van der Waals surface area contributed by atoms with Gasteiger partial charge in [0.1, 0.15) is 5.82 Å². The SMILES string of the molecule is CCC(=O)N1CCC[C@@H]1[C@H]1CCCN1Cc1nc2ccccc2n1C. The number of fused-ring (bicyclic) bond motifs is 1. The third kappa shape index (κ3) is 2.95. The van der Waals surface area contributed by atoms with Crippen LogP contribution in [0.1, 0.15) is 44.9 Å². The number of aromatic nitrogens is 2. The van der Waals surface area contributed by atoms with Gasteiger partial charge in [-0.1, -0.05) is 19.1 Å². The molecule has 4 rings (SSSR count). The highest BCUT2D eigenvalue weighted by atomic mass is 16.2. The molecule has 1 amide bonds. The van der Waals surface area contributed by atoms with Gasteiger partial charge in [-0.2, -0.15) is 0 Å². The molecule has 2 aromatic rings. The molecule has 0 saturated carbocycles. The summed E-state index contributed by atoms with van der Waals surface area (Å²) < 4.78 is 2.22. The van der Waals surface area contributed by atoms with Crippen LogP contribution >= 0.6 is 0 Å². The van der Waals surface area contributed by atoms with Crippen LogP contribution in [0.4, 0.5) is 0 Å². The van der Waals surface area contributed by atoms with Crippen molar-refractivity contribution in [1.29, 1.82) is 0 Å². The van der Waals surface area contributed by atoms with E-state index in [0.717, 1.165) is 43.8 Å². The van der Waals surface area contributed by atoms with Crippen LogP contribution in [0.25, 0.3) is 11.0 Å². The van der Waals surface area contributed by atoms with Crippen LogP contribution in [-0.2, 0) is 18.4 Å². The molecule has 134 valence electrons. The Morgan fingerprint density at radius 1 is 1.16 bits per heavy atom. The number of para-hydroxylation sites is 2. The van der Waals surface area contributed by atoms with Crippen molar-refractivity contribution >= 4 is 16.9 Å². The van der Waals surface area contributed by atoms with Crippen LogP contribution in [0.2, 0.25) is 0 Å². The summed E-state index contributed by atoms with van der Waals surface area (Å²) in [6.07, 6.45) is 5.33. The van der Waals surface area contributed by atoms with Crippen molar-refractivity contribution < 1.29 is 4.79 Å². The minimum absolute atomic E-state index is 0.317. The normalized spacial score (nSPS) is 24.5. The zero-order valence-corrected chi connectivity index (χ0v) is 15.3. The van der Waals surface area contributed by atoms with Crippen molar-refractivity contribution in [2.24, 2.45) is 7.05 Å². The Hall–Kier alpha value is -1.88. The molecule has 2 fully saturated rings. The summed E-state index contributed by atoms with van der Waals surface area (Å²) in [4.78, 5) is 21.9. The van der Waals surface area contributed by atoms with Gasteiger partial charge < -0.3 is 9.47 Å². The molecule has 0 radical (unpaired) electrons. The van der Waals surface area contributed by atoms with E-state index >= 15 is 0 Å². The van der Waals surface area contributed by atoms with E-state index in [1.54, 1.807) is 0 Å². The Labute approximate surface area is 149 Å². The summed E-state index contributed by atoms with van der Waals surface area (Å²) in [6, 6.07) is 9.21. The summed E-state index contributed by atoms with van der Waals surface area (Å²) in [5, 5.41) is 0. The molecule has 2 aliphatic heterocycles. The molecule has 3 heterocycles. The fourth-order valence-electron chi connectivity index (χ4n) is 4.71. The number of hydrogen-bond donors (Lipinski definition) is 0. The number of amides is 1. The van der Waals surface area contributed by atoms with E-state index < -0.39 is 0 Å². The maximum Gasteiger partial charge on any atom is 0.222 e. The number of hydrogen-bond acceptors (Lipinski definition) is 3. The van der Waals surface area contributed by atoms with E-state index in [4.69, 9.17) is 4.98 Å². The maximum absolute atomic E-state index is 12.3. The average Bonchev–Trinajstić information content (AvgIpc) is 3.34. The van der Waals surface area contributed by atoms with Gasteiger partial charge in [-0.15, -0.1) is 0 Å². The van der Waals surface area contributed by atoms with Crippen LogP contribution in [0.3, 0.4) is 0 Å². The number of carbonyl (C=O) groups is 1. The number of carbonyl (C=O) groups excluding carboxylic acids is 1. The molecule has 5 heteroatoms. The fraction of sp³-hybridized carbons (Fsp3) is 0.600. The van der Waals surface area contributed by atoms with E-state index in [9.17, 15) is 4.79 Å². The standard InChI is InChI=1S/C20H28N4O/c1-3-20(25)24-13-7-11-18(24)17-10-6-12-23(17)14-19-21-15-8-4-5-9-16(15)22(19)2/h4-5,8-9,17-18H,3,6-7,10-14H2,1-2H3/t17-,18-/m1/s1. The first-order valence-electron chi connectivity index (χ1n) is 9.63. The Morgan fingerprint density at radius 2 is 1.92 bits per heavy atom. The lowest BCUT2D eigenvalue weighted by molar-refractivity contribution is -0.132. The zero-order chi connectivity index (χ0) is 17.4. The van der Waals surface area contributed by atoms with E-state index in [-0.39, 0.29) is 0 Å². The lowest BCUT2D eigenvalue weighted by atomic mass is 10.0. The summed E-state index contributed by atoms with van der Waals surface area (Å²) >= 11 is 0. The monoisotopic (exact) mass is 340 g/mol. The van der Waals surface area contributed by atoms with Crippen molar-refractivity contribution in [2.75, 3.05) is 13.1 Å². The second-order valence-electron chi connectivity index (χ2n) is 7.41. The average molecular weight is 340 g/mol.